The molecule has 0 bridgehead atoms. The Hall–Kier alpha value is -2.09. The summed E-state index contributed by atoms with van der Waals surface area (Å²) in [6.07, 6.45) is 6.60. The molecule has 1 aliphatic carbocycles. The molecule has 1 fully saturated rings. The van der Waals surface area contributed by atoms with Gasteiger partial charge in [0, 0.05) is 24.3 Å². The number of sulfonamides is 1. The van der Waals surface area contributed by atoms with Crippen LogP contribution in [0.25, 0.3) is 0 Å². The Morgan fingerprint density at radius 2 is 1.72 bits per heavy atom. The van der Waals surface area contributed by atoms with Crippen molar-refractivity contribution in [2.45, 2.75) is 38.1 Å². The molecule has 25 heavy (non-hydrogen) atoms. The van der Waals surface area contributed by atoms with Crippen LogP contribution in [-0.4, -0.2) is 51.0 Å². The summed E-state index contributed by atoms with van der Waals surface area (Å²) in [5.41, 5.74) is 0.749. The summed E-state index contributed by atoms with van der Waals surface area (Å²) in [6, 6.07) is 6.30. The zero-order chi connectivity index (χ0) is 18.4. The van der Waals surface area contributed by atoms with Crippen molar-refractivity contribution in [3.63, 3.8) is 0 Å². The topological polar surface area (TPSA) is 95.6 Å². The lowest BCUT2D eigenvalue weighted by molar-refractivity contribution is -0.131. The molecule has 2 rings (SSSR count). The molecule has 2 N–H and O–H groups in total. The van der Waals surface area contributed by atoms with E-state index in [-0.39, 0.29) is 24.4 Å². The molecule has 0 spiro atoms. The van der Waals surface area contributed by atoms with Gasteiger partial charge in [0.25, 0.3) is 5.91 Å². The van der Waals surface area contributed by atoms with Gasteiger partial charge < -0.3 is 10.2 Å². The number of likely N-dealkylation sites (N-methyl/N-ethyl adjacent to an activating group) is 1. The van der Waals surface area contributed by atoms with Crippen LogP contribution in [0.4, 0.5) is 5.69 Å². The number of carbonyl (C=O) groups is 2. The van der Waals surface area contributed by atoms with Crippen molar-refractivity contribution in [1.82, 2.24) is 10.2 Å². The predicted molar refractivity (Wildman–Crippen MR) is 96.9 cm³/mol. The predicted octanol–water partition coefficient (Wildman–Crippen LogP) is 1.58. The van der Waals surface area contributed by atoms with Crippen molar-refractivity contribution in [2.24, 2.45) is 0 Å². The highest BCUT2D eigenvalue weighted by Crippen LogP contribution is 2.21. The van der Waals surface area contributed by atoms with Crippen molar-refractivity contribution in [1.29, 1.82) is 0 Å². The maximum atomic E-state index is 12.2. The van der Waals surface area contributed by atoms with E-state index in [4.69, 9.17) is 0 Å². The van der Waals surface area contributed by atoms with Crippen LogP contribution in [0.5, 0.6) is 0 Å². The minimum Gasteiger partial charge on any atom is -0.343 e. The van der Waals surface area contributed by atoms with Crippen molar-refractivity contribution < 1.29 is 18.0 Å². The summed E-state index contributed by atoms with van der Waals surface area (Å²) >= 11 is 0. The molecular formula is C17H25N3O4S. The first kappa shape index (κ1) is 19.2. The molecule has 0 saturated heterocycles. The van der Waals surface area contributed by atoms with Gasteiger partial charge in [0.15, 0.2) is 0 Å². The highest BCUT2D eigenvalue weighted by Gasteiger charge is 2.22. The number of nitrogens with zero attached hydrogens (tertiary/aromatic N) is 1. The van der Waals surface area contributed by atoms with Gasteiger partial charge in [0.2, 0.25) is 15.9 Å². The minimum absolute atomic E-state index is 0.0465. The molecule has 8 heteroatoms. The molecule has 138 valence electrons. The average molecular weight is 367 g/mol. The van der Waals surface area contributed by atoms with Crippen molar-refractivity contribution in [3.8, 4) is 0 Å². The van der Waals surface area contributed by atoms with Crippen LogP contribution in [-0.2, 0) is 14.8 Å². The first-order valence-corrected chi connectivity index (χ1v) is 10.3. The van der Waals surface area contributed by atoms with Gasteiger partial charge in [-0.25, -0.2) is 8.42 Å². The van der Waals surface area contributed by atoms with E-state index in [0.717, 1.165) is 31.9 Å². The lowest BCUT2D eigenvalue weighted by atomic mass is 9.94. The third-order valence-electron chi connectivity index (χ3n) is 4.37. The quantitative estimate of drug-likeness (QED) is 0.798. The fourth-order valence-electron chi connectivity index (χ4n) is 2.96. The lowest BCUT2D eigenvalue weighted by Gasteiger charge is -2.31. The summed E-state index contributed by atoms with van der Waals surface area (Å²) < 4.78 is 24.6. The van der Waals surface area contributed by atoms with Crippen LogP contribution in [0.15, 0.2) is 24.3 Å². The number of carbonyl (C=O) groups excluding carboxylic acids is 2. The van der Waals surface area contributed by atoms with Crippen molar-refractivity contribution >= 4 is 27.5 Å². The lowest BCUT2D eigenvalue weighted by Crippen LogP contribution is -2.44. The van der Waals surface area contributed by atoms with Gasteiger partial charge >= 0.3 is 0 Å². The monoisotopic (exact) mass is 367 g/mol. The van der Waals surface area contributed by atoms with Crippen LogP contribution < -0.4 is 10.0 Å². The fraction of sp³-hybridized carbons (Fsp3) is 0.529. The zero-order valence-corrected chi connectivity index (χ0v) is 15.4. The van der Waals surface area contributed by atoms with Gasteiger partial charge in [0.05, 0.1) is 12.8 Å². The second-order valence-corrected chi connectivity index (χ2v) is 8.18. The highest BCUT2D eigenvalue weighted by molar-refractivity contribution is 7.92. The zero-order valence-electron chi connectivity index (χ0n) is 14.6. The van der Waals surface area contributed by atoms with Crippen LogP contribution in [0.3, 0.4) is 0 Å². The van der Waals surface area contributed by atoms with Crippen LogP contribution in [0.2, 0.25) is 0 Å². The molecule has 0 aliphatic heterocycles. The molecule has 0 heterocycles. The molecule has 7 nitrogen and oxygen atoms in total. The Kier molecular flexibility index (Phi) is 6.41. The van der Waals surface area contributed by atoms with Gasteiger partial charge in [-0.05, 0) is 37.1 Å². The molecule has 2 amide bonds. The van der Waals surface area contributed by atoms with Gasteiger partial charge in [-0.15, -0.1) is 0 Å². The number of rotatable bonds is 6. The Morgan fingerprint density at radius 1 is 1.12 bits per heavy atom. The van der Waals surface area contributed by atoms with Gasteiger partial charge in [-0.3, -0.25) is 14.3 Å². The van der Waals surface area contributed by atoms with Crippen molar-refractivity contribution in [2.75, 3.05) is 24.6 Å². The van der Waals surface area contributed by atoms with Crippen LogP contribution >= 0.6 is 0 Å². The van der Waals surface area contributed by atoms with Crippen molar-refractivity contribution in [3.05, 3.63) is 29.8 Å². The highest BCUT2D eigenvalue weighted by atomic mass is 32.2. The van der Waals surface area contributed by atoms with Gasteiger partial charge in [0.1, 0.15) is 0 Å². The molecule has 0 radical (unpaired) electrons. The maximum Gasteiger partial charge on any atom is 0.251 e. The largest absolute Gasteiger partial charge is 0.343 e. The molecule has 1 aromatic carbocycles. The number of hydrogen-bond acceptors (Lipinski definition) is 4. The molecule has 0 atom stereocenters. The summed E-state index contributed by atoms with van der Waals surface area (Å²) in [5, 5.41) is 2.62. The third-order valence-corrected chi connectivity index (χ3v) is 4.97. The molecule has 1 saturated carbocycles. The molecule has 0 unspecified atom stereocenters. The number of benzene rings is 1. The summed E-state index contributed by atoms with van der Waals surface area (Å²) in [4.78, 5) is 26.1. The van der Waals surface area contributed by atoms with E-state index in [1.165, 1.54) is 30.7 Å². The smallest absolute Gasteiger partial charge is 0.251 e. The Morgan fingerprint density at radius 3 is 2.28 bits per heavy atom. The normalized spacial score (nSPS) is 15.4. The Bertz CT molecular complexity index is 710. The maximum absolute atomic E-state index is 12.2. The third kappa shape index (κ3) is 6.04. The molecule has 1 aromatic rings. The number of nitrogens with one attached hydrogen (secondary N) is 2. The van der Waals surface area contributed by atoms with Gasteiger partial charge in [-0.1, -0.05) is 19.3 Å². The van der Waals surface area contributed by atoms with Crippen LogP contribution in [0, 0.1) is 0 Å². The first-order valence-electron chi connectivity index (χ1n) is 8.38. The minimum atomic E-state index is -3.35. The van der Waals surface area contributed by atoms with E-state index in [9.17, 15) is 18.0 Å². The van der Waals surface area contributed by atoms with Gasteiger partial charge in [-0.2, -0.15) is 0 Å². The van der Waals surface area contributed by atoms with E-state index in [2.05, 4.69) is 10.0 Å². The Labute approximate surface area is 148 Å². The first-order chi connectivity index (χ1) is 11.8. The van der Waals surface area contributed by atoms with Crippen LogP contribution in [0.1, 0.15) is 42.5 Å². The average Bonchev–Trinajstić information content (AvgIpc) is 2.58. The second kappa shape index (κ2) is 8.33. The van der Waals surface area contributed by atoms with E-state index in [1.807, 2.05) is 0 Å². The van der Waals surface area contributed by atoms with E-state index in [1.54, 1.807) is 11.9 Å². The van der Waals surface area contributed by atoms with E-state index < -0.39 is 10.0 Å². The number of anilines is 1. The Balaban J connectivity index is 1.85. The SMILES string of the molecule is CN(C(=O)CNC(=O)c1ccc(NS(C)(=O)=O)cc1)C1CCCCC1. The molecule has 1 aliphatic rings. The standard InChI is InChI=1S/C17H25N3O4S/c1-20(15-6-4-3-5-7-15)16(21)12-18-17(22)13-8-10-14(11-9-13)19-25(2,23)24/h8-11,15,19H,3-7,12H2,1-2H3,(H,18,22). The summed E-state index contributed by atoms with van der Waals surface area (Å²) in [5.74, 6) is -0.466. The van der Waals surface area contributed by atoms with E-state index in [0.29, 0.717) is 11.3 Å². The summed E-state index contributed by atoms with van der Waals surface area (Å²) in [7, 11) is -1.56. The molecular weight excluding hydrogens is 342 g/mol. The summed E-state index contributed by atoms with van der Waals surface area (Å²) in [6.45, 7) is -0.0465. The fourth-order valence-corrected chi connectivity index (χ4v) is 3.52. The second-order valence-electron chi connectivity index (χ2n) is 6.43. The number of amides is 2. The van der Waals surface area contributed by atoms with E-state index >= 15 is 0 Å². The number of hydrogen-bond donors (Lipinski definition) is 2. The molecule has 0 aromatic heterocycles.